The zero-order valence-electron chi connectivity index (χ0n) is 7.43. The van der Waals surface area contributed by atoms with Crippen LogP contribution in [0.3, 0.4) is 0 Å². The monoisotopic (exact) mass is 187 g/mol. The van der Waals surface area contributed by atoms with Crippen LogP contribution in [0.1, 0.15) is 12.5 Å². The van der Waals surface area contributed by atoms with Crippen molar-refractivity contribution in [1.29, 1.82) is 0 Å². The smallest absolute Gasteiger partial charge is 0.137 e. The fourth-order valence-corrected chi connectivity index (χ4v) is 1.21. The van der Waals surface area contributed by atoms with Gasteiger partial charge in [-0.2, -0.15) is 0 Å². The second-order valence-corrected chi connectivity index (χ2v) is 2.73. The lowest BCUT2D eigenvalue weighted by atomic mass is 10.2. The molecule has 12 heavy (non-hydrogen) atoms. The average molecular weight is 188 g/mol. The molecule has 0 aliphatic heterocycles. The Labute approximate surface area is 78.1 Å². The summed E-state index contributed by atoms with van der Waals surface area (Å²) >= 11 is 5.88. The van der Waals surface area contributed by atoms with Crippen LogP contribution >= 0.6 is 11.6 Å². The highest BCUT2D eigenvalue weighted by atomic mass is 35.5. The van der Waals surface area contributed by atoms with Crippen molar-refractivity contribution < 1.29 is 4.74 Å². The predicted octanol–water partition coefficient (Wildman–Crippen LogP) is 3.07. The van der Waals surface area contributed by atoms with E-state index in [2.05, 4.69) is 6.92 Å². The number of aryl methyl sites for hydroxylation is 1. The highest BCUT2D eigenvalue weighted by Crippen LogP contribution is 2.24. The molecule has 0 aromatic heterocycles. The van der Waals surface area contributed by atoms with Crippen LogP contribution in [0.5, 0.6) is 5.75 Å². The number of ether oxygens (including phenoxy) is 1. The zero-order chi connectivity index (χ0) is 8.27. The van der Waals surface area contributed by atoms with Gasteiger partial charge in [-0.05, 0) is 24.1 Å². The Morgan fingerprint density at radius 2 is 2.08 bits per heavy atom. The standard InChI is InChI=1S/C9H11ClO.H3N/c1-3-7-4-5-9(11-2)8(10)6-7;/h4-6H,3H2,1-2H3;1H3. The van der Waals surface area contributed by atoms with Gasteiger partial charge in [0.2, 0.25) is 0 Å². The molecule has 0 spiro atoms. The van der Waals surface area contributed by atoms with Gasteiger partial charge in [0.25, 0.3) is 0 Å². The summed E-state index contributed by atoms with van der Waals surface area (Å²) in [6, 6.07) is 5.84. The van der Waals surface area contributed by atoms with E-state index in [1.54, 1.807) is 7.11 Å². The van der Waals surface area contributed by atoms with E-state index in [9.17, 15) is 0 Å². The molecule has 0 radical (unpaired) electrons. The van der Waals surface area contributed by atoms with Crippen LogP contribution in [0.2, 0.25) is 5.02 Å². The first kappa shape index (κ1) is 11.3. The van der Waals surface area contributed by atoms with E-state index >= 15 is 0 Å². The zero-order valence-corrected chi connectivity index (χ0v) is 8.19. The topological polar surface area (TPSA) is 44.2 Å². The first-order chi connectivity index (χ1) is 5.27. The Morgan fingerprint density at radius 1 is 1.42 bits per heavy atom. The van der Waals surface area contributed by atoms with E-state index in [4.69, 9.17) is 16.3 Å². The second kappa shape index (κ2) is 5.01. The summed E-state index contributed by atoms with van der Waals surface area (Å²) < 4.78 is 5.01. The number of rotatable bonds is 2. The van der Waals surface area contributed by atoms with Crippen LogP contribution in [0.25, 0.3) is 0 Å². The summed E-state index contributed by atoms with van der Waals surface area (Å²) in [4.78, 5) is 0. The summed E-state index contributed by atoms with van der Waals surface area (Å²) in [5, 5.41) is 0.687. The van der Waals surface area contributed by atoms with Crippen molar-refractivity contribution in [2.24, 2.45) is 0 Å². The maximum atomic E-state index is 5.88. The largest absolute Gasteiger partial charge is 0.495 e. The van der Waals surface area contributed by atoms with Crippen molar-refractivity contribution in [1.82, 2.24) is 6.15 Å². The van der Waals surface area contributed by atoms with E-state index in [0.717, 1.165) is 12.2 Å². The maximum absolute atomic E-state index is 5.88. The molecule has 0 atom stereocenters. The van der Waals surface area contributed by atoms with E-state index < -0.39 is 0 Å². The van der Waals surface area contributed by atoms with Crippen molar-refractivity contribution >= 4 is 11.6 Å². The third-order valence-corrected chi connectivity index (χ3v) is 1.92. The molecule has 68 valence electrons. The lowest BCUT2D eigenvalue weighted by molar-refractivity contribution is 0.415. The first-order valence-corrected chi connectivity index (χ1v) is 3.98. The SMILES string of the molecule is CCc1ccc(OC)c(Cl)c1.N. The maximum Gasteiger partial charge on any atom is 0.137 e. The molecule has 0 bridgehead atoms. The van der Waals surface area contributed by atoms with Crippen molar-refractivity contribution in [2.45, 2.75) is 13.3 Å². The predicted molar refractivity (Wildman–Crippen MR) is 52.4 cm³/mol. The number of halogens is 1. The fourth-order valence-electron chi connectivity index (χ4n) is 0.930. The average Bonchev–Trinajstić information content (AvgIpc) is 2.04. The molecule has 1 rings (SSSR count). The van der Waals surface area contributed by atoms with Crippen molar-refractivity contribution in [3.8, 4) is 5.75 Å². The molecule has 0 aliphatic rings. The van der Waals surface area contributed by atoms with Gasteiger partial charge in [-0.1, -0.05) is 24.6 Å². The van der Waals surface area contributed by atoms with E-state index in [0.29, 0.717) is 5.02 Å². The van der Waals surface area contributed by atoms with Gasteiger partial charge in [-0.25, -0.2) is 0 Å². The van der Waals surface area contributed by atoms with Gasteiger partial charge in [0, 0.05) is 0 Å². The minimum Gasteiger partial charge on any atom is -0.495 e. The van der Waals surface area contributed by atoms with Gasteiger partial charge in [0.05, 0.1) is 12.1 Å². The number of methoxy groups -OCH3 is 1. The highest BCUT2D eigenvalue weighted by molar-refractivity contribution is 6.32. The molecule has 0 amide bonds. The minimum atomic E-state index is 0. The minimum absolute atomic E-state index is 0. The van der Waals surface area contributed by atoms with Gasteiger partial charge >= 0.3 is 0 Å². The summed E-state index contributed by atoms with van der Waals surface area (Å²) in [6.07, 6.45) is 1.00. The third kappa shape index (κ3) is 2.40. The second-order valence-electron chi connectivity index (χ2n) is 2.32. The number of hydrogen-bond donors (Lipinski definition) is 1. The molecule has 2 nitrogen and oxygen atoms in total. The van der Waals surface area contributed by atoms with Crippen LogP contribution < -0.4 is 10.9 Å². The molecule has 1 aromatic carbocycles. The quantitative estimate of drug-likeness (QED) is 0.774. The molecule has 0 fully saturated rings. The molecular formula is C9H14ClNO. The van der Waals surface area contributed by atoms with Gasteiger partial charge in [0.15, 0.2) is 0 Å². The molecule has 0 saturated carbocycles. The molecule has 3 heteroatoms. The van der Waals surface area contributed by atoms with E-state index in [1.807, 2.05) is 18.2 Å². The number of hydrogen-bond acceptors (Lipinski definition) is 2. The molecule has 3 N–H and O–H groups in total. The molecule has 0 heterocycles. The van der Waals surface area contributed by atoms with E-state index in [-0.39, 0.29) is 6.15 Å². The summed E-state index contributed by atoms with van der Waals surface area (Å²) in [7, 11) is 1.62. The molecule has 0 unspecified atom stereocenters. The van der Waals surface area contributed by atoms with Gasteiger partial charge in [-0.3, -0.25) is 0 Å². The van der Waals surface area contributed by atoms with Crippen molar-refractivity contribution in [3.05, 3.63) is 28.8 Å². The number of benzene rings is 1. The Kier molecular flexibility index (Phi) is 4.71. The van der Waals surface area contributed by atoms with Gasteiger partial charge in [0.1, 0.15) is 5.75 Å². The highest BCUT2D eigenvalue weighted by Gasteiger charge is 1.98. The molecular weight excluding hydrogens is 174 g/mol. The lowest BCUT2D eigenvalue weighted by Gasteiger charge is -2.03. The van der Waals surface area contributed by atoms with Gasteiger partial charge in [-0.15, -0.1) is 0 Å². The molecule has 1 aromatic rings. The van der Waals surface area contributed by atoms with Crippen LogP contribution in [0, 0.1) is 0 Å². The normalized spacial score (nSPS) is 8.92. The van der Waals surface area contributed by atoms with Crippen LogP contribution in [-0.4, -0.2) is 7.11 Å². The fraction of sp³-hybridized carbons (Fsp3) is 0.333. The Balaban J connectivity index is 0.00000121. The Morgan fingerprint density at radius 3 is 2.50 bits per heavy atom. The third-order valence-electron chi connectivity index (χ3n) is 1.62. The van der Waals surface area contributed by atoms with Crippen molar-refractivity contribution in [2.75, 3.05) is 7.11 Å². The molecule has 0 saturated heterocycles. The van der Waals surface area contributed by atoms with Crippen LogP contribution in [-0.2, 0) is 6.42 Å². The Bertz CT molecular complexity index is 250. The lowest BCUT2D eigenvalue weighted by Crippen LogP contribution is -1.85. The van der Waals surface area contributed by atoms with E-state index in [1.165, 1.54) is 5.56 Å². The summed E-state index contributed by atoms with van der Waals surface area (Å²) in [6.45, 7) is 2.10. The van der Waals surface area contributed by atoms with Gasteiger partial charge < -0.3 is 10.9 Å². The summed E-state index contributed by atoms with van der Waals surface area (Å²) in [5.74, 6) is 0.740. The summed E-state index contributed by atoms with van der Waals surface area (Å²) in [5.41, 5.74) is 1.23. The van der Waals surface area contributed by atoms with Crippen LogP contribution in [0.15, 0.2) is 18.2 Å². The molecule has 0 aliphatic carbocycles. The first-order valence-electron chi connectivity index (χ1n) is 3.60. The Hall–Kier alpha value is -0.730. The van der Waals surface area contributed by atoms with Crippen LogP contribution in [0.4, 0.5) is 0 Å². The van der Waals surface area contributed by atoms with Crippen molar-refractivity contribution in [3.63, 3.8) is 0 Å².